The number of imidazole rings is 1. The standard InChI is InChI=1S/C20H24N4O3/c1-23-13-20(12-16(23)19(26)27)6-10-24(11-7-20)18(25)15-5-3-2-4-14(15)17-21-8-9-22-17/h2-5,8-9,16H,6-7,10-13H2,1H3,(H,21,22)(H,26,27). The van der Waals surface area contributed by atoms with Crippen molar-refractivity contribution in [1.29, 1.82) is 0 Å². The van der Waals surface area contributed by atoms with Crippen LogP contribution in [0, 0.1) is 5.41 Å². The van der Waals surface area contributed by atoms with E-state index in [2.05, 4.69) is 9.97 Å². The van der Waals surface area contributed by atoms with Crippen molar-refractivity contribution in [3.05, 3.63) is 42.2 Å². The summed E-state index contributed by atoms with van der Waals surface area (Å²) in [5, 5.41) is 9.39. The second-order valence-corrected chi connectivity index (χ2v) is 7.75. The summed E-state index contributed by atoms with van der Waals surface area (Å²) >= 11 is 0. The topological polar surface area (TPSA) is 89.5 Å². The number of rotatable bonds is 3. The summed E-state index contributed by atoms with van der Waals surface area (Å²) in [7, 11) is 1.88. The third-order valence-corrected chi connectivity index (χ3v) is 6.05. The van der Waals surface area contributed by atoms with Crippen LogP contribution in [0.15, 0.2) is 36.7 Å². The summed E-state index contributed by atoms with van der Waals surface area (Å²) in [6.07, 6.45) is 5.78. The molecule has 0 aliphatic carbocycles. The van der Waals surface area contributed by atoms with E-state index in [0.717, 1.165) is 24.9 Å². The first-order chi connectivity index (χ1) is 13.0. The quantitative estimate of drug-likeness (QED) is 0.866. The molecule has 1 atom stereocenters. The number of carbonyl (C=O) groups is 2. The predicted octanol–water partition coefficient (Wildman–Crippen LogP) is 2.09. The third-order valence-electron chi connectivity index (χ3n) is 6.05. The maximum absolute atomic E-state index is 13.1. The summed E-state index contributed by atoms with van der Waals surface area (Å²) < 4.78 is 0. The molecule has 27 heavy (non-hydrogen) atoms. The maximum atomic E-state index is 13.1. The number of hydrogen-bond donors (Lipinski definition) is 2. The van der Waals surface area contributed by atoms with Crippen LogP contribution in [0.4, 0.5) is 0 Å². The lowest BCUT2D eigenvalue weighted by Gasteiger charge is -2.39. The molecule has 0 bridgehead atoms. The Bertz CT molecular complexity index is 841. The van der Waals surface area contributed by atoms with E-state index in [-0.39, 0.29) is 11.3 Å². The zero-order valence-electron chi connectivity index (χ0n) is 15.4. The van der Waals surface area contributed by atoms with Crippen LogP contribution in [0.1, 0.15) is 29.6 Å². The van der Waals surface area contributed by atoms with Crippen molar-refractivity contribution in [3.8, 4) is 11.4 Å². The number of carboxylic acid groups (broad SMARTS) is 1. The lowest BCUT2D eigenvalue weighted by molar-refractivity contribution is -0.141. The number of H-pyrrole nitrogens is 1. The van der Waals surface area contributed by atoms with Gasteiger partial charge in [0.05, 0.1) is 5.56 Å². The highest BCUT2D eigenvalue weighted by atomic mass is 16.4. The van der Waals surface area contributed by atoms with Gasteiger partial charge in [-0.2, -0.15) is 0 Å². The number of aliphatic carboxylic acids is 1. The van der Waals surface area contributed by atoms with Crippen LogP contribution < -0.4 is 0 Å². The lowest BCUT2D eigenvalue weighted by Crippen LogP contribution is -2.44. The number of hydrogen-bond acceptors (Lipinski definition) is 4. The molecule has 2 saturated heterocycles. The molecule has 0 radical (unpaired) electrons. The fourth-order valence-corrected chi connectivity index (χ4v) is 4.55. The molecular weight excluding hydrogens is 344 g/mol. The van der Waals surface area contributed by atoms with Crippen molar-refractivity contribution in [2.24, 2.45) is 5.41 Å². The minimum absolute atomic E-state index is 0.00904. The molecule has 2 aliphatic rings. The fourth-order valence-electron chi connectivity index (χ4n) is 4.55. The molecule has 1 unspecified atom stereocenters. The van der Waals surface area contributed by atoms with Crippen LogP contribution in [-0.2, 0) is 4.79 Å². The Balaban J connectivity index is 1.48. The van der Waals surface area contributed by atoms with Gasteiger partial charge in [-0.1, -0.05) is 18.2 Å². The predicted molar refractivity (Wildman–Crippen MR) is 100 cm³/mol. The number of amides is 1. The Labute approximate surface area is 158 Å². The molecule has 1 aromatic heterocycles. The van der Waals surface area contributed by atoms with Gasteiger partial charge in [0.15, 0.2) is 0 Å². The molecular formula is C20H24N4O3. The average molecular weight is 368 g/mol. The molecule has 1 spiro atoms. The summed E-state index contributed by atoms with van der Waals surface area (Å²) in [5.41, 5.74) is 1.46. The Morgan fingerprint density at radius 1 is 1.26 bits per heavy atom. The number of likely N-dealkylation sites (tertiary alicyclic amines) is 2. The first-order valence-electron chi connectivity index (χ1n) is 9.30. The Morgan fingerprint density at radius 2 is 2.00 bits per heavy atom. The minimum atomic E-state index is -0.750. The smallest absolute Gasteiger partial charge is 0.320 e. The van der Waals surface area contributed by atoms with Gasteiger partial charge >= 0.3 is 5.97 Å². The first-order valence-corrected chi connectivity index (χ1v) is 9.30. The zero-order valence-corrected chi connectivity index (χ0v) is 15.4. The number of nitrogens with one attached hydrogen (secondary N) is 1. The van der Waals surface area contributed by atoms with Crippen LogP contribution in [0.2, 0.25) is 0 Å². The van der Waals surface area contributed by atoms with Gasteiger partial charge in [0.25, 0.3) is 5.91 Å². The van der Waals surface area contributed by atoms with Crippen molar-refractivity contribution in [2.75, 3.05) is 26.7 Å². The highest BCUT2D eigenvalue weighted by molar-refractivity contribution is 6.00. The molecule has 3 heterocycles. The van der Waals surface area contributed by atoms with E-state index < -0.39 is 12.0 Å². The Hall–Kier alpha value is -2.67. The van der Waals surface area contributed by atoms with Gasteiger partial charge in [-0.3, -0.25) is 14.5 Å². The molecule has 7 nitrogen and oxygen atoms in total. The SMILES string of the molecule is CN1CC2(CCN(C(=O)c3ccccc3-c3ncc[nH]3)CC2)CC1C(=O)O. The molecule has 2 fully saturated rings. The van der Waals surface area contributed by atoms with Crippen LogP contribution in [0.3, 0.4) is 0 Å². The number of benzene rings is 1. The normalized spacial score (nSPS) is 22.3. The second-order valence-electron chi connectivity index (χ2n) is 7.75. The third kappa shape index (κ3) is 3.23. The Morgan fingerprint density at radius 3 is 2.63 bits per heavy atom. The van der Waals surface area contributed by atoms with Crippen molar-refractivity contribution < 1.29 is 14.7 Å². The van der Waals surface area contributed by atoms with E-state index in [1.165, 1.54) is 0 Å². The minimum Gasteiger partial charge on any atom is -0.480 e. The molecule has 142 valence electrons. The van der Waals surface area contributed by atoms with Crippen LogP contribution in [-0.4, -0.2) is 69.5 Å². The van der Waals surface area contributed by atoms with Crippen molar-refractivity contribution in [1.82, 2.24) is 19.8 Å². The molecule has 1 aromatic carbocycles. The summed E-state index contributed by atoms with van der Waals surface area (Å²) in [6.45, 7) is 2.10. The second kappa shape index (κ2) is 6.81. The highest BCUT2D eigenvalue weighted by Gasteiger charge is 2.47. The molecule has 0 saturated carbocycles. The van der Waals surface area contributed by atoms with E-state index in [0.29, 0.717) is 30.9 Å². The summed E-state index contributed by atoms with van der Waals surface area (Å²) in [4.78, 5) is 35.7. The van der Waals surface area contributed by atoms with Gasteiger partial charge < -0.3 is 15.0 Å². The summed E-state index contributed by atoms with van der Waals surface area (Å²) in [6, 6.07) is 7.11. The van der Waals surface area contributed by atoms with Crippen molar-refractivity contribution in [3.63, 3.8) is 0 Å². The van der Waals surface area contributed by atoms with Crippen LogP contribution in [0.5, 0.6) is 0 Å². The molecule has 7 heteroatoms. The largest absolute Gasteiger partial charge is 0.480 e. The fraction of sp³-hybridized carbons (Fsp3) is 0.450. The van der Waals surface area contributed by atoms with Gasteiger partial charge in [0.2, 0.25) is 0 Å². The van der Waals surface area contributed by atoms with Gasteiger partial charge in [-0.05, 0) is 37.8 Å². The zero-order chi connectivity index (χ0) is 19.0. The van der Waals surface area contributed by atoms with Gasteiger partial charge in [0, 0.05) is 37.6 Å². The Kier molecular flexibility index (Phi) is 4.47. The van der Waals surface area contributed by atoms with Gasteiger partial charge in [-0.25, -0.2) is 4.98 Å². The number of aromatic amines is 1. The van der Waals surface area contributed by atoms with Crippen LogP contribution >= 0.6 is 0 Å². The molecule has 1 amide bonds. The highest BCUT2D eigenvalue weighted by Crippen LogP contribution is 2.43. The molecule has 2 N–H and O–H groups in total. The molecule has 2 aliphatic heterocycles. The average Bonchev–Trinajstić information content (AvgIpc) is 3.30. The van der Waals surface area contributed by atoms with E-state index in [1.807, 2.05) is 41.1 Å². The maximum Gasteiger partial charge on any atom is 0.320 e. The first kappa shape index (κ1) is 17.7. The number of likely N-dealkylation sites (N-methyl/N-ethyl adjacent to an activating group) is 1. The van der Waals surface area contributed by atoms with Gasteiger partial charge in [0.1, 0.15) is 11.9 Å². The van der Waals surface area contributed by atoms with Gasteiger partial charge in [-0.15, -0.1) is 0 Å². The molecule has 4 rings (SSSR count). The number of nitrogens with zero attached hydrogens (tertiary/aromatic N) is 3. The number of aromatic nitrogens is 2. The summed E-state index contributed by atoms with van der Waals surface area (Å²) in [5.74, 6) is -0.0487. The van der Waals surface area contributed by atoms with E-state index >= 15 is 0 Å². The monoisotopic (exact) mass is 368 g/mol. The number of piperidine rings is 1. The molecule has 2 aromatic rings. The van der Waals surface area contributed by atoms with Crippen molar-refractivity contribution in [2.45, 2.75) is 25.3 Å². The van der Waals surface area contributed by atoms with Crippen LogP contribution in [0.25, 0.3) is 11.4 Å². The number of carboxylic acids is 1. The van der Waals surface area contributed by atoms with E-state index in [9.17, 15) is 14.7 Å². The number of carbonyl (C=O) groups excluding carboxylic acids is 1. The van der Waals surface area contributed by atoms with E-state index in [4.69, 9.17) is 0 Å². The lowest BCUT2D eigenvalue weighted by atomic mass is 9.76. The van der Waals surface area contributed by atoms with E-state index in [1.54, 1.807) is 12.4 Å². The van der Waals surface area contributed by atoms with Crippen molar-refractivity contribution >= 4 is 11.9 Å².